The summed E-state index contributed by atoms with van der Waals surface area (Å²) in [5, 5.41) is 0.753. The van der Waals surface area contributed by atoms with Crippen LogP contribution in [0.2, 0.25) is 0 Å². The van der Waals surface area contributed by atoms with Crippen LogP contribution < -0.4 is 10.4 Å². The molecule has 0 unspecified atom stereocenters. The fourth-order valence-electron chi connectivity index (χ4n) is 2.81. The fraction of sp³-hybridized carbons (Fsp3) is 0.227. The third-order valence-corrected chi connectivity index (χ3v) is 4.21. The molecule has 0 fully saturated rings. The van der Waals surface area contributed by atoms with E-state index in [1.54, 1.807) is 24.3 Å². The van der Waals surface area contributed by atoms with Crippen molar-refractivity contribution in [1.82, 2.24) is 0 Å². The van der Waals surface area contributed by atoms with E-state index in [0.29, 0.717) is 28.9 Å². The lowest BCUT2D eigenvalue weighted by molar-refractivity contribution is -0.137. The molecule has 1 heterocycles. The smallest absolute Gasteiger partial charge is 0.416 e. The summed E-state index contributed by atoms with van der Waals surface area (Å²) in [4.78, 5) is 11.7. The number of hydrogen-bond donors (Lipinski definition) is 0. The Morgan fingerprint density at radius 1 is 1.11 bits per heavy atom. The van der Waals surface area contributed by atoms with Crippen LogP contribution in [0, 0.1) is 0 Å². The van der Waals surface area contributed by atoms with Crippen LogP contribution in [0.4, 0.5) is 13.2 Å². The highest BCUT2D eigenvalue weighted by molar-refractivity contribution is 5.82. The molecule has 0 saturated heterocycles. The van der Waals surface area contributed by atoms with Crippen molar-refractivity contribution in [1.29, 1.82) is 0 Å². The molecule has 0 saturated carbocycles. The molecule has 6 heteroatoms. The van der Waals surface area contributed by atoms with Crippen LogP contribution in [0.25, 0.3) is 11.0 Å². The molecular weight excluding hydrogens is 369 g/mol. The first kappa shape index (κ1) is 19.7. The molecule has 2 aromatic carbocycles. The first-order chi connectivity index (χ1) is 13.2. The van der Waals surface area contributed by atoms with E-state index in [2.05, 4.69) is 0 Å². The molecule has 0 bridgehead atoms. The standard InChI is InChI=1S/C22H19F3O3/c1-14(2)6-9-18-19(10-7-16-8-11-20(26)28-21(16)18)27-13-15-4-3-5-17(12-15)22(23,24)25/h3-8,10-12H,9,13H2,1-2H3. The molecule has 0 aliphatic carbocycles. The Hall–Kier alpha value is -3.02. The van der Waals surface area contributed by atoms with E-state index in [0.717, 1.165) is 23.1 Å². The van der Waals surface area contributed by atoms with Crippen LogP contribution in [-0.2, 0) is 19.2 Å². The zero-order valence-electron chi connectivity index (χ0n) is 15.5. The SMILES string of the molecule is CC(C)=CCc1c(OCc2cccc(C(F)(F)F)c2)ccc2ccc(=O)oc12. The Morgan fingerprint density at radius 2 is 1.86 bits per heavy atom. The highest BCUT2D eigenvalue weighted by atomic mass is 19.4. The van der Waals surface area contributed by atoms with Crippen LogP contribution in [-0.4, -0.2) is 0 Å². The molecule has 1 aromatic heterocycles. The van der Waals surface area contributed by atoms with Gasteiger partial charge < -0.3 is 9.15 Å². The van der Waals surface area contributed by atoms with Gasteiger partial charge in [0, 0.05) is 17.0 Å². The molecule has 0 spiro atoms. The number of halogens is 3. The Balaban J connectivity index is 1.95. The van der Waals surface area contributed by atoms with Gasteiger partial charge in [-0.3, -0.25) is 0 Å². The second-order valence-electron chi connectivity index (χ2n) is 6.69. The molecule has 3 rings (SSSR count). The Kier molecular flexibility index (Phi) is 5.58. The Morgan fingerprint density at radius 3 is 2.57 bits per heavy atom. The third-order valence-electron chi connectivity index (χ3n) is 4.21. The Labute approximate surface area is 160 Å². The molecule has 3 nitrogen and oxygen atoms in total. The van der Waals surface area contributed by atoms with Gasteiger partial charge in [0.2, 0.25) is 0 Å². The lowest BCUT2D eigenvalue weighted by Gasteiger charge is -2.14. The molecule has 0 aliphatic heterocycles. The van der Waals surface area contributed by atoms with Crippen LogP contribution in [0.5, 0.6) is 5.75 Å². The predicted octanol–water partition coefficient (Wildman–Crippen LogP) is 5.90. The summed E-state index contributed by atoms with van der Waals surface area (Å²) < 4.78 is 49.9. The second-order valence-corrected chi connectivity index (χ2v) is 6.69. The average Bonchev–Trinajstić information content (AvgIpc) is 2.64. The van der Waals surface area contributed by atoms with Gasteiger partial charge in [-0.1, -0.05) is 23.8 Å². The maximum absolute atomic E-state index is 12.9. The van der Waals surface area contributed by atoms with E-state index in [1.807, 2.05) is 19.9 Å². The normalized spacial score (nSPS) is 11.5. The average molecular weight is 388 g/mol. The summed E-state index contributed by atoms with van der Waals surface area (Å²) in [6.45, 7) is 3.86. The number of allylic oxidation sites excluding steroid dienone is 2. The predicted molar refractivity (Wildman–Crippen MR) is 101 cm³/mol. The molecule has 0 atom stereocenters. The maximum Gasteiger partial charge on any atom is 0.416 e. The van der Waals surface area contributed by atoms with Gasteiger partial charge >= 0.3 is 11.8 Å². The highest BCUT2D eigenvalue weighted by Gasteiger charge is 2.30. The zero-order chi connectivity index (χ0) is 20.3. The van der Waals surface area contributed by atoms with Gasteiger partial charge in [0.15, 0.2) is 0 Å². The maximum atomic E-state index is 12.9. The molecule has 0 aliphatic rings. The fourth-order valence-corrected chi connectivity index (χ4v) is 2.81. The number of fused-ring (bicyclic) bond motifs is 1. The van der Waals surface area contributed by atoms with Crippen molar-refractivity contribution in [2.45, 2.75) is 33.1 Å². The highest BCUT2D eigenvalue weighted by Crippen LogP contribution is 2.31. The largest absolute Gasteiger partial charge is 0.488 e. The topological polar surface area (TPSA) is 39.4 Å². The van der Waals surface area contributed by atoms with Crippen molar-refractivity contribution < 1.29 is 22.3 Å². The molecule has 3 aromatic rings. The zero-order valence-corrected chi connectivity index (χ0v) is 15.5. The first-order valence-electron chi connectivity index (χ1n) is 8.72. The van der Waals surface area contributed by atoms with Crippen LogP contribution in [0.1, 0.15) is 30.5 Å². The van der Waals surface area contributed by atoms with Crippen molar-refractivity contribution in [2.75, 3.05) is 0 Å². The van der Waals surface area contributed by atoms with Crippen molar-refractivity contribution in [3.63, 3.8) is 0 Å². The van der Waals surface area contributed by atoms with E-state index >= 15 is 0 Å². The van der Waals surface area contributed by atoms with E-state index < -0.39 is 17.4 Å². The van der Waals surface area contributed by atoms with Crippen LogP contribution in [0.15, 0.2) is 69.4 Å². The number of alkyl halides is 3. The minimum Gasteiger partial charge on any atom is -0.488 e. The minimum absolute atomic E-state index is 0.0334. The third kappa shape index (κ3) is 4.63. The number of hydrogen-bond acceptors (Lipinski definition) is 3. The number of ether oxygens (including phenoxy) is 1. The van der Waals surface area contributed by atoms with E-state index in [9.17, 15) is 18.0 Å². The summed E-state index contributed by atoms with van der Waals surface area (Å²) in [5.74, 6) is 0.469. The molecule has 146 valence electrons. The van der Waals surface area contributed by atoms with E-state index in [4.69, 9.17) is 9.15 Å². The molecular formula is C22H19F3O3. The Bertz CT molecular complexity index is 1070. The molecule has 28 heavy (non-hydrogen) atoms. The van der Waals surface area contributed by atoms with Gasteiger partial charge in [-0.15, -0.1) is 0 Å². The summed E-state index contributed by atoms with van der Waals surface area (Å²) in [6.07, 6.45) is -1.96. The van der Waals surface area contributed by atoms with Crippen molar-refractivity contribution in [3.8, 4) is 5.75 Å². The van der Waals surface area contributed by atoms with Crippen molar-refractivity contribution in [3.05, 3.63) is 87.3 Å². The summed E-state index contributed by atoms with van der Waals surface area (Å²) >= 11 is 0. The summed E-state index contributed by atoms with van der Waals surface area (Å²) in [5.41, 5.74) is 1.40. The lowest BCUT2D eigenvalue weighted by Crippen LogP contribution is -2.06. The second kappa shape index (κ2) is 7.92. The number of rotatable bonds is 5. The van der Waals surface area contributed by atoms with Gasteiger partial charge in [0.1, 0.15) is 17.9 Å². The molecule has 0 amide bonds. The minimum atomic E-state index is -4.41. The quantitative estimate of drug-likeness (QED) is 0.404. The lowest BCUT2D eigenvalue weighted by atomic mass is 10.1. The van der Waals surface area contributed by atoms with Gasteiger partial charge in [-0.2, -0.15) is 13.2 Å². The molecule has 0 radical (unpaired) electrons. The van der Waals surface area contributed by atoms with E-state index in [-0.39, 0.29) is 6.61 Å². The summed E-state index contributed by atoms with van der Waals surface area (Å²) in [7, 11) is 0. The summed E-state index contributed by atoms with van der Waals surface area (Å²) in [6, 6.07) is 11.5. The van der Waals surface area contributed by atoms with Gasteiger partial charge in [0.05, 0.1) is 5.56 Å². The van der Waals surface area contributed by atoms with Gasteiger partial charge in [-0.05, 0) is 56.2 Å². The van der Waals surface area contributed by atoms with Gasteiger partial charge in [0.25, 0.3) is 0 Å². The van der Waals surface area contributed by atoms with Crippen LogP contribution >= 0.6 is 0 Å². The van der Waals surface area contributed by atoms with Gasteiger partial charge in [-0.25, -0.2) is 4.79 Å². The number of benzene rings is 2. The van der Waals surface area contributed by atoms with Crippen LogP contribution in [0.3, 0.4) is 0 Å². The van der Waals surface area contributed by atoms with Crippen molar-refractivity contribution in [2.24, 2.45) is 0 Å². The first-order valence-corrected chi connectivity index (χ1v) is 8.72. The van der Waals surface area contributed by atoms with Crippen molar-refractivity contribution >= 4 is 11.0 Å². The molecule has 0 N–H and O–H groups in total. The van der Waals surface area contributed by atoms with E-state index in [1.165, 1.54) is 12.1 Å². The monoisotopic (exact) mass is 388 g/mol.